The zero-order valence-electron chi connectivity index (χ0n) is 15.8. The maximum atomic E-state index is 12.7. The van der Waals surface area contributed by atoms with Crippen LogP contribution < -0.4 is 11.0 Å². The average Bonchev–Trinajstić information content (AvgIpc) is 3.13. The van der Waals surface area contributed by atoms with Crippen LogP contribution in [0.3, 0.4) is 0 Å². The zero-order chi connectivity index (χ0) is 20.0. The van der Waals surface area contributed by atoms with E-state index in [2.05, 4.69) is 39.1 Å². The molecule has 7 nitrogen and oxygen atoms in total. The first kappa shape index (κ1) is 18.7. The molecule has 0 aliphatic heterocycles. The van der Waals surface area contributed by atoms with Crippen molar-refractivity contribution in [3.63, 3.8) is 0 Å². The molecule has 0 aliphatic carbocycles. The summed E-state index contributed by atoms with van der Waals surface area (Å²) in [5, 5.41) is 4.42. The first-order chi connectivity index (χ1) is 13.3. The van der Waals surface area contributed by atoms with Crippen molar-refractivity contribution in [1.29, 1.82) is 0 Å². The second-order valence-corrected chi connectivity index (χ2v) is 9.16. The van der Waals surface area contributed by atoms with Crippen molar-refractivity contribution in [2.24, 2.45) is 0 Å². The molecule has 4 aromatic rings. The molecule has 1 amide bonds. The number of fused-ring (bicyclic) bond motifs is 2. The monoisotopic (exact) mass is 413 g/mol. The normalized spacial score (nSPS) is 12.6. The minimum atomic E-state index is -0.349. The third-order valence-corrected chi connectivity index (χ3v) is 6.74. The minimum absolute atomic E-state index is 0.128. The van der Waals surface area contributed by atoms with Gasteiger partial charge in [0.2, 0.25) is 5.91 Å². The van der Waals surface area contributed by atoms with Gasteiger partial charge in [0.05, 0.1) is 16.3 Å². The highest BCUT2D eigenvalue weighted by Gasteiger charge is 2.20. The molecular formula is C19H19N5O2S2. The molecule has 9 heteroatoms. The van der Waals surface area contributed by atoms with E-state index >= 15 is 0 Å². The fraction of sp³-hybridized carbons (Fsp3) is 0.263. The van der Waals surface area contributed by atoms with Crippen molar-refractivity contribution in [1.82, 2.24) is 19.9 Å². The smallest absolute Gasteiger partial charge is 0.323 e. The summed E-state index contributed by atoms with van der Waals surface area (Å²) in [4.78, 5) is 40.8. The Labute approximate surface area is 169 Å². The number of carbonyl (C=O) groups excluding carboxylic acids is 1. The predicted molar refractivity (Wildman–Crippen MR) is 114 cm³/mol. The van der Waals surface area contributed by atoms with Crippen LogP contribution in [0.1, 0.15) is 23.2 Å². The van der Waals surface area contributed by atoms with Gasteiger partial charge >= 0.3 is 5.69 Å². The Morgan fingerprint density at radius 1 is 1.18 bits per heavy atom. The lowest BCUT2D eigenvalue weighted by atomic mass is 10.2. The van der Waals surface area contributed by atoms with Gasteiger partial charge in [-0.1, -0.05) is 11.8 Å². The number of imidazole rings is 1. The molecule has 0 saturated carbocycles. The minimum Gasteiger partial charge on any atom is -0.325 e. The molecule has 1 aromatic carbocycles. The van der Waals surface area contributed by atoms with Crippen LogP contribution in [-0.4, -0.2) is 31.1 Å². The number of aromatic nitrogens is 4. The van der Waals surface area contributed by atoms with Crippen LogP contribution in [0, 0.1) is 20.8 Å². The summed E-state index contributed by atoms with van der Waals surface area (Å²) in [7, 11) is 0. The van der Waals surface area contributed by atoms with Crippen molar-refractivity contribution in [3.8, 4) is 0 Å². The summed E-state index contributed by atoms with van der Waals surface area (Å²) < 4.78 is 0. The van der Waals surface area contributed by atoms with Crippen LogP contribution in [0.5, 0.6) is 0 Å². The Kier molecular flexibility index (Phi) is 4.72. The molecule has 4 rings (SSSR count). The molecule has 0 spiro atoms. The molecule has 3 heterocycles. The summed E-state index contributed by atoms with van der Waals surface area (Å²) in [6, 6.07) is 5.26. The number of thioether (sulfide) groups is 1. The summed E-state index contributed by atoms with van der Waals surface area (Å²) in [6.45, 7) is 7.86. The van der Waals surface area contributed by atoms with Gasteiger partial charge in [0.15, 0.2) is 0 Å². The Morgan fingerprint density at radius 3 is 2.71 bits per heavy atom. The van der Waals surface area contributed by atoms with E-state index in [1.54, 1.807) is 29.5 Å². The number of anilines is 1. The maximum absolute atomic E-state index is 12.7. The van der Waals surface area contributed by atoms with Crippen LogP contribution >= 0.6 is 23.1 Å². The number of rotatable bonds is 4. The van der Waals surface area contributed by atoms with Crippen LogP contribution in [0.25, 0.3) is 21.3 Å². The number of nitrogens with zero attached hydrogens (tertiary/aromatic N) is 2. The SMILES string of the molecule is Cc1nc(S[C@@H](C)C(=O)Nc2ccc3[nH]c(=O)[nH]c3c2)c2c(C)c(C)sc2n1. The van der Waals surface area contributed by atoms with Gasteiger partial charge in [0.1, 0.15) is 15.7 Å². The van der Waals surface area contributed by atoms with E-state index < -0.39 is 0 Å². The Balaban J connectivity index is 1.57. The number of thiophene rings is 1. The molecule has 0 unspecified atom stereocenters. The molecule has 1 atom stereocenters. The van der Waals surface area contributed by atoms with E-state index in [4.69, 9.17) is 0 Å². The largest absolute Gasteiger partial charge is 0.325 e. The number of benzene rings is 1. The highest BCUT2D eigenvalue weighted by molar-refractivity contribution is 8.00. The molecule has 0 saturated heterocycles. The lowest BCUT2D eigenvalue weighted by Gasteiger charge is -2.13. The zero-order valence-corrected chi connectivity index (χ0v) is 17.5. The van der Waals surface area contributed by atoms with Gasteiger partial charge in [-0.2, -0.15) is 0 Å². The highest BCUT2D eigenvalue weighted by atomic mass is 32.2. The van der Waals surface area contributed by atoms with Gasteiger partial charge in [-0.25, -0.2) is 14.8 Å². The van der Waals surface area contributed by atoms with Crippen LogP contribution in [0.2, 0.25) is 0 Å². The maximum Gasteiger partial charge on any atom is 0.323 e. The molecule has 3 aromatic heterocycles. The standard InChI is InChI=1S/C19H19N5O2S2/c1-8-9(2)27-17-15(8)18(21-11(4)20-17)28-10(3)16(25)22-12-5-6-13-14(7-12)24-19(26)23-13/h5-7,10H,1-4H3,(H,22,25)(H2,23,24,26)/t10-/m0/s1. The summed E-state index contributed by atoms with van der Waals surface area (Å²) >= 11 is 3.08. The molecule has 3 N–H and O–H groups in total. The van der Waals surface area contributed by atoms with Crippen molar-refractivity contribution < 1.29 is 4.79 Å². The van der Waals surface area contributed by atoms with E-state index in [9.17, 15) is 9.59 Å². The van der Waals surface area contributed by atoms with Crippen molar-refractivity contribution in [2.75, 3.05) is 5.32 Å². The third-order valence-electron chi connectivity index (χ3n) is 4.55. The Bertz CT molecular complexity index is 1270. The van der Waals surface area contributed by atoms with Gasteiger partial charge in [0, 0.05) is 16.0 Å². The van der Waals surface area contributed by atoms with Crippen molar-refractivity contribution in [2.45, 2.75) is 38.0 Å². The van der Waals surface area contributed by atoms with E-state index in [1.165, 1.54) is 16.6 Å². The van der Waals surface area contributed by atoms with Gasteiger partial charge in [-0.3, -0.25) is 4.79 Å². The number of carbonyl (C=O) groups is 1. The van der Waals surface area contributed by atoms with Gasteiger partial charge in [-0.15, -0.1) is 11.3 Å². The summed E-state index contributed by atoms with van der Waals surface area (Å²) in [5.74, 6) is 0.571. The Morgan fingerprint density at radius 2 is 1.93 bits per heavy atom. The number of hydrogen-bond donors (Lipinski definition) is 3. The number of nitrogens with one attached hydrogen (secondary N) is 3. The van der Waals surface area contributed by atoms with Crippen molar-refractivity contribution in [3.05, 3.63) is 44.9 Å². The van der Waals surface area contributed by atoms with Crippen LogP contribution in [-0.2, 0) is 4.79 Å². The molecule has 0 fully saturated rings. The van der Waals surface area contributed by atoms with E-state index in [0.717, 1.165) is 20.8 Å². The third kappa shape index (κ3) is 3.43. The summed E-state index contributed by atoms with van der Waals surface area (Å²) in [5.41, 5.74) is 2.88. The van der Waals surface area contributed by atoms with Gasteiger partial charge in [0.25, 0.3) is 0 Å². The molecule has 28 heavy (non-hydrogen) atoms. The van der Waals surface area contributed by atoms with E-state index in [1.807, 2.05) is 13.8 Å². The second kappa shape index (κ2) is 7.06. The second-order valence-electron chi connectivity index (χ2n) is 6.63. The topological polar surface area (TPSA) is 104 Å². The molecular weight excluding hydrogens is 394 g/mol. The lowest BCUT2D eigenvalue weighted by molar-refractivity contribution is -0.115. The van der Waals surface area contributed by atoms with Crippen LogP contribution in [0.4, 0.5) is 5.69 Å². The fourth-order valence-corrected chi connectivity index (χ4v) is 5.17. The number of aromatic amines is 2. The van der Waals surface area contributed by atoms with Crippen LogP contribution in [0.15, 0.2) is 28.0 Å². The molecule has 144 valence electrons. The highest BCUT2D eigenvalue weighted by Crippen LogP contribution is 2.36. The number of amides is 1. The molecule has 0 bridgehead atoms. The molecule has 0 aliphatic rings. The average molecular weight is 414 g/mol. The molecule has 0 radical (unpaired) electrons. The number of hydrogen-bond acceptors (Lipinski definition) is 6. The first-order valence-electron chi connectivity index (χ1n) is 8.75. The lowest BCUT2D eigenvalue weighted by Crippen LogP contribution is -2.22. The number of H-pyrrole nitrogens is 2. The van der Waals surface area contributed by atoms with E-state index in [0.29, 0.717) is 22.5 Å². The fourth-order valence-electron chi connectivity index (χ4n) is 2.97. The Hall–Kier alpha value is -2.65. The van der Waals surface area contributed by atoms with Gasteiger partial charge in [-0.05, 0) is 51.5 Å². The number of aryl methyl sites for hydroxylation is 3. The first-order valence-corrected chi connectivity index (χ1v) is 10.5. The van der Waals surface area contributed by atoms with Gasteiger partial charge < -0.3 is 15.3 Å². The van der Waals surface area contributed by atoms with Crippen molar-refractivity contribution >= 4 is 55.9 Å². The predicted octanol–water partition coefficient (Wildman–Crippen LogP) is 3.91. The summed E-state index contributed by atoms with van der Waals surface area (Å²) in [6.07, 6.45) is 0. The quantitative estimate of drug-likeness (QED) is 0.348. The van der Waals surface area contributed by atoms with E-state index in [-0.39, 0.29) is 16.8 Å².